The lowest BCUT2D eigenvalue weighted by Crippen LogP contribution is -2.53. The van der Waals surface area contributed by atoms with Gasteiger partial charge >= 0.3 is 0 Å². The van der Waals surface area contributed by atoms with E-state index in [1.54, 1.807) is 0 Å². The van der Waals surface area contributed by atoms with Crippen LogP contribution < -0.4 is 0 Å². The minimum absolute atomic E-state index is 0.263. The van der Waals surface area contributed by atoms with E-state index < -0.39 is 0 Å². The molecule has 0 radical (unpaired) electrons. The van der Waals surface area contributed by atoms with E-state index in [9.17, 15) is 4.79 Å². The van der Waals surface area contributed by atoms with Gasteiger partial charge in [-0.3, -0.25) is 4.79 Å². The van der Waals surface area contributed by atoms with Crippen LogP contribution in [0.3, 0.4) is 0 Å². The van der Waals surface area contributed by atoms with Gasteiger partial charge in [-0.25, -0.2) is 0 Å². The molecule has 0 aliphatic rings. The molecule has 0 saturated heterocycles. The van der Waals surface area contributed by atoms with Crippen LogP contribution in [0.2, 0.25) is 0 Å². The first-order valence-corrected chi connectivity index (χ1v) is 6.89. The number of rotatable bonds is 5. The Hall–Kier alpha value is -0.530. The van der Waals surface area contributed by atoms with Gasteiger partial charge < -0.3 is 4.90 Å². The Morgan fingerprint density at radius 3 is 1.29 bits per heavy atom. The van der Waals surface area contributed by atoms with Crippen LogP contribution in [0, 0.1) is 17.3 Å². The Labute approximate surface area is 108 Å². The van der Waals surface area contributed by atoms with E-state index >= 15 is 0 Å². The molecule has 0 heterocycles. The van der Waals surface area contributed by atoms with Gasteiger partial charge in [0.1, 0.15) is 0 Å². The highest BCUT2D eigenvalue weighted by Gasteiger charge is 2.43. The molecule has 0 bridgehead atoms. The first-order chi connectivity index (χ1) is 7.56. The van der Waals surface area contributed by atoms with E-state index in [0.29, 0.717) is 17.7 Å². The van der Waals surface area contributed by atoms with Crippen molar-refractivity contribution in [3.8, 4) is 0 Å². The molecule has 0 aliphatic heterocycles. The maximum absolute atomic E-state index is 12.9. The van der Waals surface area contributed by atoms with Gasteiger partial charge in [0.25, 0.3) is 0 Å². The predicted molar refractivity (Wildman–Crippen MR) is 74.9 cm³/mol. The zero-order chi connectivity index (χ0) is 14.0. The van der Waals surface area contributed by atoms with Crippen molar-refractivity contribution in [3.05, 3.63) is 0 Å². The van der Waals surface area contributed by atoms with Crippen LogP contribution in [-0.2, 0) is 4.79 Å². The SMILES string of the molecule is CC(C)N(C(=O)C(C)(C(C)C)C(C)C)C(C)C. The quantitative estimate of drug-likeness (QED) is 0.713. The molecule has 0 atom stereocenters. The molecular weight excluding hydrogens is 210 g/mol. The highest BCUT2D eigenvalue weighted by Crippen LogP contribution is 2.38. The second-order valence-electron chi connectivity index (χ2n) is 6.49. The van der Waals surface area contributed by atoms with Crippen molar-refractivity contribution in [2.24, 2.45) is 17.3 Å². The van der Waals surface area contributed by atoms with E-state index in [0.717, 1.165) is 0 Å². The lowest BCUT2D eigenvalue weighted by molar-refractivity contribution is -0.151. The highest BCUT2D eigenvalue weighted by atomic mass is 16.2. The topological polar surface area (TPSA) is 20.3 Å². The molecule has 0 rings (SSSR count). The van der Waals surface area contributed by atoms with E-state index in [4.69, 9.17) is 0 Å². The first-order valence-electron chi connectivity index (χ1n) is 6.89. The van der Waals surface area contributed by atoms with Gasteiger partial charge in [-0.05, 0) is 39.5 Å². The number of hydrogen-bond acceptors (Lipinski definition) is 1. The van der Waals surface area contributed by atoms with Crippen molar-refractivity contribution in [2.45, 2.75) is 74.4 Å². The van der Waals surface area contributed by atoms with Crippen LogP contribution in [-0.4, -0.2) is 22.9 Å². The highest BCUT2D eigenvalue weighted by molar-refractivity contribution is 5.83. The molecule has 0 spiro atoms. The van der Waals surface area contributed by atoms with Gasteiger partial charge in [0, 0.05) is 12.1 Å². The summed E-state index contributed by atoms with van der Waals surface area (Å²) in [5.74, 6) is 1.01. The van der Waals surface area contributed by atoms with Crippen LogP contribution in [0.1, 0.15) is 62.3 Å². The van der Waals surface area contributed by atoms with Crippen molar-refractivity contribution in [2.75, 3.05) is 0 Å². The summed E-state index contributed by atoms with van der Waals surface area (Å²) >= 11 is 0. The largest absolute Gasteiger partial charge is 0.337 e. The van der Waals surface area contributed by atoms with Crippen LogP contribution in [0.15, 0.2) is 0 Å². The third-order valence-electron chi connectivity index (χ3n) is 4.21. The van der Waals surface area contributed by atoms with Crippen molar-refractivity contribution in [1.29, 1.82) is 0 Å². The minimum atomic E-state index is -0.269. The maximum Gasteiger partial charge on any atom is 0.229 e. The zero-order valence-electron chi connectivity index (χ0n) is 13.2. The number of carbonyl (C=O) groups excluding carboxylic acids is 1. The fourth-order valence-corrected chi connectivity index (χ4v) is 2.50. The van der Waals surface area contributed by atoms with Crippen LogP contribution in [0.4, 0.5) is 0 Å². The summed E-state index contributed by atoms with van der Waals surface area (Å²) in [7, 11) is 0. The first kappa shape index (κ1) is 16.5. The Bertz CT molecular complexity index is 238. The van der Waals surface area contributed by atoms with Gasteiger partial charge in [0.05, 0.1) is 5.41 Å². The monoisotopic (exact) mass is 241 g/mol. The Balaban J connectivity index is 5.35. The zero-order valence-corrected chi connectivity index (χ0v) is 13.2. The molecule has 0 saturated carbocycles. The summed E-state index contributed by atoms with van der Waals surface area (Å²) < 4.78 is 0. The molecule has 0 N–H and O–H groups in total. The molecule has 1 amide bonds. The molecule has 0 aromatic rings. The van der Waals surface area contributed by atoms with Gasteiger partial charge in [0.15, 0.2) is 0 Å². The molecular formula is C15H31NO. The molecule has 0 fully saturated rings. The van der Waals surface area contributed by atoms with Gasteiger partial charge in [-0.1, -0.05) is 34.6 Å². The van der Waals surface area contributed by atoms with Gasteiger partial charge in [-0.15, -0.1) is 0 Å². The number of amides is 1. The third-order valence-corrected chi connectivity index (χ3v) is 4.21. The van der Waals surface area contributed by atoms with Crippen LogP contribution in [0.5, 0.6) is 0 Å². The molecule has 2 heteroatoms. The molecule has 0 aromatic heterocycles. The summed E-state index contributed by atoms with van der Waals surface area (Å²) in [5.41, 5.74) is -0.269. The third kappa shape index (κ3) is 3.23. The second-order valence-corrected chi connectivity index (χ2v) is 6.49. The summed E-state index contributed by atoms with van der Waals surface area (Å²) in [4.78, 5) is 14.9. The molecule has 17 heavy (non-hydrogen) atoms. The molecule has 0 unspecified atom stereocenters. The predicted octanol–water partition coefficient (Wildman–Crippen LogP) is 3.95. The molecule has 0 aliphatic carbocycles. The van der Waals surface area contributed by atoms with Gasteiger partial charge in [-0.2, -0.15) is 0 Å². The van der Waals surface area contributed by atoms with E-state index in [2.05, 4.69) is 62.3 Å². The Morgan fingerprint density at radius 2 is 1.12 bits per heavy atom. The second kappa shape index (κ2) is 5.88. The van der Waals surface area contributed by atoms with Crippen molar-refractivity contribution < 1.29 is 4.79 Å². The van der Waals surface area contributed by atoms with Crippen LogP contribution in [0.25, 0.3) is 0 Å². The summed E-state index contributed by atoms with van der Waals surface area (Å²) in [5, 5.41) is 0. The minimum Gasteiger partial charge on any atom is -0.337 e. The van der Waals surface area contributed by atoms with Gasteiger partial charge in [0.2, 0.25) is 5.91 Å². The van der Waals surface area contributed by atoms with Crippen molar-refractivity contribution >= 4 is 5.91 Å². The van der Waals surface area contributed by atoms with Crippen molar-refractivity contribution in [3.63, 3.8) is 0 Å². The number of hydrogen-bond donors (Lipinski definition) is 0. The Kier molecular flexibility index (Phi) is 5.70. The Morgan fingerprint density at radius 1 is 0.824 bits per heavy atom. The fraction of sp³-hybridized carbons (Fsp3) is 0.933. The average Bonchev–Trinajstić information content (AvgIpc) is 2.14. The lowest BCUT2D eigenvalue weighted by Gasteiger charge is -2.43. The number of carbonyl (C=O) groups is 1. The normalized spacial score (nSPS) is 13.0. The van der Waals surface area contributed by atoms with E-state index in [1.165, 1.54) is 0 Å². The smallest absolute Gasteiger partial charge is 0.229 e. The summed E-state index contributed by atoms with van der Waals surface area (Å²) in [6, 6.07) is 0.527. The molecule has 0 aromatic carbocycles. The molecule has 102 valence electrons. The average molecular weight is 241 g/mol. The van der Waals surface area contributed by atoms with Crippen LogP contribution >= 0.6 is 0 Å². The van der Waals surface area contributed by atoms with Crippen molar-refractivity contribution in [1.82, 2.24) is 4.90 Å². The van der Waals surface area contributed by atoms with E-state index in [1.807, 2.05) is 4.90 Å². The standard InChI is InChI=1S/C15H31NO/c1-10(2)15(9,11(3)4)14(17)16(12(5)6)13(7)8/h10-13H,1-9H3. The summed E-state index contributed by atoms with van der Waals surface area (Å²) in [6.07, 6.45) is 0. The fourth-order valence-electron chi connectivity index (χ4n) is 2.50. The molecule has 2 nitrogen and oxygen atoms in total. The lowest BCUT2D eigenvalue weighted by atomic mass is 9.69. The van der Waals surface area contributed by atoms with E-state index in [-0.39, 0.29) is 17.5 Å². The summed E-state index contributed by atoms with van der Waals surface area (Å²) in [6.45, 7) is 19.1. The maximum atomic E-state index is 12.9. The number of nitrogens with zero attached hydrogens (tertiary/aromatic N) is 1.